The van der Waals surface area contributed by atoms with Crippen LogP contribution in [0.5, 0.6) is 0 Å². The van der Waals surface area contributed by atoms with Crippen molar-refractivity contribution < 1.29 is 27.9 Å². The van der Waals surface area contributed by atoms with Gasteiger partial charge in [0.05, 0.1) is 4.90 Å². The highest BCUT2D eigenvalue weighted by Gasteiger charge is 2.33. The van der Waals surface area contributed by atoms with Gasteiger partial charge >= 0.3 is 5.97 Å². The highest BCUT2D eigenvalue weighted by atomic mass is 32.2. The topological polar surface area (TPSA) is 133 Å². The first-order valence-corrected chi connectivity index (χ1v) is 13.3. The van der Waals surface area contributed by atoms with Gasteiger partial charge < -0.3 is 15.3 Å². The lowest BCUT2D eigenvalue weighted by molar-refractivity contribution is -0.142. The molecule has 1 aliphatic heterocycles. The minimum atomic E-state index is -3.86. The Balaban J connectivity index is 2.03. The van der Waals surface area contributed by atoms with Gasteiger partial charge in [0, 0.05) is 19.0 Å². The quantitative estimate of drug-likeness (QED) is 0.454. The maximum absolute atomic E-state index is 13.1. The van der Waals surface area contributed by atoms with Crippen molar-refractivity contribution in [3.05, 3.63) is 29.8 Å². The molecule has 1 saturated heterocycles. The summed E-state index contributed by atoms with van der Waals surface area (Å²) >= 11 is 1.52. The van der Waals surface area contributed by atoms with Crippen LogP contribution in [0.1, 0.15) is 31.7 Å². The largest absolute Gasteiger partial charge is 0.480 e. The van der Waals surface area contributed by atoms with Gasteiger partial charge in [-0.15, -0.1) is 0 Å². The lowest BCUT2D eigenvalue weighted by Crippen LogP contribution is -2.52. The maximum atomic E-state index is 13.1. The van der Waals surface area contributed by atoms with E-state index in [0.29, 0.717) is 38.1 Å². The van der Waals surface area contributed by atoms with E-state index in [1.807, 2.05) is 13.2 Å². The molecule has 3 N–H and O–H groups in total. The number of thioether (sulfide) groups is 1. The third-order valence-corrected chi connectivity index (χ3v) is 7.58. The molecule has 0 saturated carbocycles. The van der Waals surface area contributed by atoms with Crippen LogP contribution in [0.25, 0.3) is 0 Å². The average Bonchev–Trinajstić information content (AvgIpc) is 2.76. The van der Waals surface area contributed by atoms with Crippen LogP contribution >= 0.6 is 11.8 Å². The number of nitrogens with zero attached hydrogens (tertiary/aromatic N) is 1. The fourth-order valence-electron chi connectivity index (χ4n) is 3.42. The summed E-state index contributed by atoms with van der Waals surface area (Å²) < 4.78 is 28.2. The second-order valence-electron chi connectivity index (χ2n) is 7.94. The molecule has 2 rings (SSSR count). The Labute approximate surface area is 193 Å². The second kappa shape index (κ2) is 11.7. The van der Waals surface area contributed by atoms with Gasteiger partial charge in [0.25, 0.3) is 0 Å². The van der Waals surface area contributed by atoms with E-state index in [9.17, 15) is 22.8 Å². The van der Waals surface area contributed by atoms with Crippen molar-refractivity contribution >= 4 is 39.6 Å². The zero-order valence-electron chi connectivity index (χ0n) is 18.5. The van der Waals surface area contributed by atoms with Gasteiger partial charge in [-0.2, -0.15) is 16.5 Å². The van der Waals surface area contributed by atoms with Crippen LogP contribution in [0, 0.1) is 12.8 Å². The molecular weight excluding hydrogens is 454 g/mol. The number of aryl methyl sites for hydroxylation is 1. The number of sulfonamides is 1. The van der Waals surface area contributed by atoms with Crippen LogP contribution in [0.3, 0.4) is 0 Å². The number of nitrogens with one attached hydrogen (secondary N) is 2. The summed E-state index contributed by atoms with van der Waals surface area (Å²) in [4.78, 5) is 38.0. The summed E-state index contributed by atoms with van der Waals surface area (Å²) in [6, 6.07) is 4.55. The second-order valence-corrected chi connectivity index (χ2v) is 10.6. The van der Waals surface area contributed by atoms with E-state index in [-0.39, 0.29) is 22.6 Å². The van der Waals surface area contributed by atoms with Crippen molar-refractivity contribution in [3.8, 4) is 0 Å². The van der Waals surface area contributed by atoms with Crippen LogP contribution < -0.4 is 10.0 Å². The molecule has 0 radical (unpaired) electrons. The predicted molar refractivity (Wildman–Crippen MR) is 123 cm³/mol. The standard InChI is InChI=1S/C21H31N3O6S2/c1-14-4-6-17(7-5-14)32(29,30)23-18(10-13-31-3)20(26)24-11-8-16(9-12-24)19(25)22-15(2)21(27)28/h4-7,15-16,18,23H,8-13H2,1-3H3,(H,22,25)(H,27,28)/t15-,18-/m0/s1. The van der Waals surface area contributed by atoms with Gasteiger partial charge in [0.2, 0.25) is 21.8 Å². The molecule has 178 valence electrons. The van der Waals surface area contributed by atoms with E-state index < -0.39 is 28.1 Å². The molecule has 1 fully saturated rings. The molecule has 1 heterocycles. The first-order valence-electron chi connectivity index (χ1n) is 10.4. The van der Waals surface area contributed by atoms with Crippen molar-refractivity contribution in [1.82, 2.24) is 14.9 Å². The molecule has 11 heteroatoms. The summed E-state index contributed by atoms with van der Waals surface area (Å²) in [5, 5.41) is 11.4. The van der Waals surface area contributed by atoms with Crippen LogP contribution in [0.4, 0.5) is 0 Å². The molecule has 1 aromatic rings. The summed E-state index contributed by atoms with van der Waals surface area (Å²) in [5.74, 6) is -1.53. The summed E-state index contributed by atoms with van der Waals surface area (Å²) in [5.41, 5.74) is 0.934. The number of carboxylic acid groups (broad SMARTS) is 1. The molecule has 0 unspecified atom stereocenters. The zero-order valence-corrected chi connectivity index (χ0v) is 20.2. The molecule has 9 nitrogen and oxygen atoms in total. The van der Waals surface area contributed by atoms with E-state index in [1.54, 1.807) is 17.0 Å². The molecule has 0 aromatic heterocycles. The van der Waals surface area contributed by atoms with Crippen LogP contribution in [0.15, 0.2) is 29.2 Å². The molecule has 2 amide bonds. The van der Waals surface area contributed by atoms with Crippen molar-refractivity contribution in [1.29, 1.82) is 0 Å². The summed E-state index contributed by atoms with van der Waals surface area (Å²) in [6.45, 7) is 3.87. The smallest absolute Gasteiger partial charge is 0.325 e. The maximum Gasteiger partial charge on any atom is 0.325 e. The van der Waals surface area contributed by atoms with Crippen LogP contribution in [0.2, 0.25) is 0 Å². The molecule has 32 heavy (non-hydrogen) atoms. The molecule has 0 aliphatic carbocycles. The molecule has 1 aliphatic rings. The Hall–Kier alpha value is -2.11. The number of carboxylic acids is 1. The van der Waals surface area contributed by atoms with Crippen molar-refractivity contribution in [3.63, 3.8) is 0 Å². The van der Waals surface area contributed by atoms with Gasteiger partial charge in [-0.05, 0) is 57.3 Å². The number of hydrogen-bond acceptors (Lipinski definition) is 6. The third-order valence-electron chi connectivity index (χ3n) is 5.44. The minimum Gasteiger partial charge on any atom is -0.480 e. The Bertz CT molecular complexity index is 912. The average molecular weight is 486 g/mol. The van der Waals surface area contributed by atoms with E-state index in [0.717, 1.165) is 5.56 Å². The number of aliphatic carboxylic acids is 1. The number of piperidine rings is 1. The SMILES string of the molecule is CSCC[C@H](NS(=O)(=O)c1ccc(C)cc1)C(=O)N1CCC(C(=O)N[C@@H](C)C(=O)O)CC1. The highest BCUT2D eigenvalue weighted by Crippen LogP contribution is 2.20. The first-order chi connectivity index (χ1) is 15.0. The van der Waals surface area contributed by atoms with Gasteiger partial charge in [-0.1, -0.05) is 17.7 Å². The Morgan fingerprint density at radius 1 is 1.19 bits per heavy atom. The Kier molecular flexibility index (Phi) is 9.53. The van der Waals surface area contributed by atoms with Crippen molar-refractivity contribution in [2.75, 3.05) is 25.1 Å². The lowest BCUT2D eigenvalue weighted by atomic mass is 9.95. The van der Waals surface area contributed by atoms with Crippen LogP contribution in [-0.4, -0.2) is 73.4 Å². The van der Waals surface area contributed by atoms with Crippen molar-refractivity contribution in [2.45, 2.75) is 50.1 Å². The lowest BCUT2D eigenvalue weighted by Gasteiger charge is -2.34. The van der Waals surface area contributed by atoms with Crippen LogP contribution in [-0.2, 0) is 24.4 Å². The number of carbonyl (C=O) groups is 3. The molecule has 0 bridgehead atoms. The number of carbonyl (C=O) groups excluding carboxylic acids is 2. The number of amides is 2. The van der Waals surface area contributed by atoms with E-state index in [2.05, 4.69) is 10.0 Å². The first kappa shape index (κ1) is 26.1. The number of hydrogen-bond donors (Lipinski definition) is 3. The number of likely N-dealkylation sites (tertiary alicyclic amines) is 1. The Morgan fingerprint density at radius 2 is 1.78 bits per heavy atom. The number of rotatable bonds is 10. The molecule has 2 atom stereocenters. The normalized spacial score (nSPS) is 16.9. The van der Waals surface area contributed by atoms with Gasteiger partial charge in [-0.3, -0.25) is 14.4 Å². The zero-order chi connectivity index (χ0) is 23.9. The molecule has 0 spiro atoms. The van der Waals surface area contributed by atoms with E-state index in [4.69, 9.17) is 5.11 Å². The molecular formula is C21H31N3O6S2. The van der Waals surface area contributed by atoms with E-state index >= 15 is 0 Å². The monoisotopic (exact) mass is 485 g/mol. The fourth-order valence-corrected chi connectivity index (χ4v) is 5.11. The van der Waals surface area contributed by atoms with Gasteiger partial charge in [0.1, 0.15) is 12.1 Å². The molecule has 1 aromatic carbocycles. The fraction of sp³-hybridized carbons (Fsp3) is 0.571. The third kappa shape index (κ3) is 7.21. The minimum absolute atomic E-state index is 0.105. The summed E-state index contributed by atoms with van der Waals surface area (Å²) in [7, 11) is -3.86. The van der Waals surface area contributed by atoms with Crippen molar-refractivity contribution in [2.24, 2.45) is 5.92 Å². The highest BCUT2D eigenvalue weighted by molar-refractivity contribution is 7.98. The van der Waals surface area contributed by atoms with E-state index in [1.165, 1.54) is 30.8 Å². The summed E-state index contributed by atoms with van der Waals surface area (Å²) in [6.07, 6.45) is 3.02. The van der Waals surface area contributed by atoms with Gasteiger partial charge in [-0.25, -0.2) is 8.42 Å². The van der Waals surface area contributed by atoms with Gasteiger partial charge in [0.15, 0.2) is 0 Å². The Morgan fingerprint density at radius 3 is 2.31 bits per heavy atom. The predicted octanol–water partition coefficient (Wildman–Crippen LogP) is 1.22. The number of benzene rings is 1.